The third kappa shape index (κ3) is 4.41. The van der Waals surface area contributed by atoms with Gasteiger partial charge in [0.15, 0.2) is 5.65 Å². The van der Waals surface area contributed by atoms with Crippen molar-refractivity contribution in [2.45, 2.75) is 46.5 Å². The quantitative estimate of drug-likeness (QED) is 0.582. The minimum atomic E-state index is 0. The van der Waals surface area contributed by atoms with E-state index in [0.29, 0.717) is 11.2 Å². The first-order chi connectivity index (χ1) is 14.0. The molecule has 1 aliphatic rings. The van der Waals surface area contributed by atoms with E-state index in [4.69, 9.17) is 0 Å². The summed E-state index contributed by atoms with van der Waals surface area (Å²) < 4.78 is 0. The molecule has 2 aromatic heterocycles. The molecule has 6 heteroatoms. The Kier molecular flexibility index (Phi) is 6.93. The number of hydrogen-bond donors (Lipinski definition) is 1. The van der Waals surface area contributed by atoms with Gasteiger partial charge in [0.05, 0.1) is 11.3 Å². The van der Waals surface area contributed by atoms with E-state index in [0.717, 1.165) is 48.4 Å². The van der Waals surface area contributed by atoms with E-state index in [1.54, 1.807) is 6.20 Å². The summed E-state index contributed by atoms with van der Waals surface area (Å²) in [6.45, 7) is 7.77. The highest BCUT2D eigenvalue weighted by Gasteiger charge is 2.23. The van der Waals surface area contributed by atoms with Crippen molar-refractivity contribution >= 4 is 40.7 Å². The molecule has 1 aliphatic heterocycles. The van der Waals surface area contributed by atoms with Crippen LogP contribution in [0.3, 0.4) is 0 Å². The van der Waals surface area contributed by atoms with Crippen molar-refractivity contribution in [1.82, 2.24) is 14.9 Å². The van der Waals surface area contributed by atoms with Crippen molar-refractivity contribution in [2.24, 2.45) is 0 Å². The number of pyridine rings is 2. The number of fused-ring (bicyclic) bond motifs is 1. The van der Waals surface area contributed by atoms with E-state index >= 15 is 0 Å². The normalized spacial score (nSPS) is 14.2. The second-order valence-corrected chi connectivity index (χ2v) is 7.95. The SMILES string of the molecule is Cc1ccc2c(Nc3cccc(C)c3C)c(C(=O)N3CCCCCC3)cnc2n1.Cl. The summed E-state index contributed by atoms with van der Waals surface area (Å²) in [5.41, 5.74) is 6.37. The number of amides is 1. The molecule has 1 amide bonds. The number of rotatable bonds is 3. The number of anilines is 2. The highest BCUT2D eigenvalue weighted by atomic mass is 35.5. The minimum absolute atomic E-state index is 0. The summed E-state index contributed by atoms with van der Waals surface area (Å²) in [5, 5.41) is 4.42. The maximum atomic E-state index is 13.5. The first-order valence-corrected chi connectivity index (χ1v) is 10.4. The largest absolute Gasteiger partial charge is 0.354 e. The van der Waals surface area contributed by atoms with Crippen LogP contribution < -0.4 is 5.32 Å². The average molecular weight is 425 g/mol. The Morgan fingerprint density at radius 1 is 1.00 bits per heavy atom. The Labute approximate surface area is 184 Å². The van der Waals surface area contributed by atoms with Crippen molar-refractivity contribution in [1.29, 1.82) is 0 Å². The zero-order valence-corrected chi connectivity index (χ0v) is 18.7. The zero-order valence-electron chi connectivity index (χ0n) is 17.9. The van der Waals surface area contributed by atoms with Crippen LogP contribution in [0.1, 0.15) is 52.9 Å². The molecule has 30 heavy (non-hydrogen) atoms. The molecule has 5 nitrogen and oxygen atoms in total. The van der Waals surface area contributed by atoms with Crippen LogP contribution in [0, 0.1) is 20.8 Å². The molecule has 0 bridgehead atoms. The molecule has 3 heterocycles. The topological polar surface area (TPSA) is 58.1 Å². The number of hydrogen-bond acceptors (Lipinski definition) is 4. The standard InChI is InChI=1S/C24H28N4O.ClH/c1-16-9-8-10-21(18(16)3)27-22-19-12-11-17(2)26-23(19)25-15-20(22)24(29)28-13-6-4-5-7-14-28;/h8-12,15H,4-7,13-14H2,1-3H3,(H,25,26,27);1H. The van der Waals surface area contributed by atoms with Crippen LogP contribution in [0.5, 0.6) is 0 Å². The van der Waals surface area contributed by atoms with E-state index in [9.17, 15) is 4.79 Å². The zero-order chi connectivity index (χ0) is 20.4. The van der Waals surface area contributed by atoms with Crippen LogP contribution in [0.25, 0.3) is 11.0 Å². The second kappa shape index (κ2) is 9.43. The highest BCUT2D eigenvalue weighted by Crippen LogP contribution is 2.32. The van der Waals surface area contributed by atoms with Gasteiger partial charge in [0.1, 0.15) is 0 Å². The monoisotopic (exact) mass is 424 g/mol. The first-order valence-electron chi connectivity index (χ1n) is 10.4. The van der Waals surface area contributed by atoms with Gasteiger partial charge in [-0.05, 0) is 62.9 Å². The fraction of sp³-hybridized carbons (Fsp3) is 0.375. The van der Waals surface area contributed by atoms with Crippen molar-refractivity contribution < 1.29 is 4.79 Å². The van der Waals surface area contributed by atoms with Gasteiger partial charge in [0.2, 0.25) is 0 Å². The van der Waals surface area contributed by atoms with Crippen LogP contribution in [0.2, 0.25) is 0 Å². The van der Waals surface area contributed by atoms with Gasteiger partial charge in [0, 0.05) is 36.1 Å². The van der Waals surface area contributed by atoms with E-state index in [-0.39, 0.29) is 18.3 Å². The van der Waals surface area contributed by atoms with E-state index < -0.39 is 0 Å². The number of benzene rings is 1. The van der Waals surface area contributed by atoms with E-state index in [1.807, 2.05) is 30.0 Å². The second-order valence-electron chi connectivity index (χ2n) is 7.95. The molecule has 0 atom stereocenters. The Bertz CT molecular complexity index is 1060. The fourth-order valence-corrected chi connectivity index (χ4v) is 3.93. The van der Waals surface area contributed by atoms with Crippen molar-refractivity contribution in [3.63, 3.8) is 0 Å². The van der Waals surface area contributed by atoms with Gasteiger partial charge >= 0.3 is 0 Å². The number of nitrogens with one attached hydrogen (secondary N) is 1. The van der Waals surface area contributed by atoms with E-state index in [2.05, 4.69) is 41.3 Å². The van der Waals surface area contributed by atoms with Crippen molar-refractivity contribution in [2.75, 3.05) is 18.4 Å². The Morgan fingerprint density at radius 3 is 2.47 bits per heavy atom. The predicted molar refractivity (Wildman–Crippen MR) is 125 cm³/mol. The summed E-state index contributed by atoms with van der Waals surface area (Å²) in [6, 6.07) is 10.2. The third-order valence-electron chi connectivity index (χ3n) is 5.86. The Balaban J connectivity index is 0.00000256. The lowest BCUT2D eigenvalue weighted by Crippen LogP contribution is -2.32. The molecule has 0 unspecified atom stereocenters. The van der Waals surface area contributed by atoms with Crippen molar-refractivity contribution in [3.05, 3.63) is 58.9 Å². The molecule has 1 saturated heterocycles. The summed E-state index contributed by atoms with van der Waals surface area (Å²) in [5.74, 6) is 0.0506. The average Bonchev–Trinajstić information content (AvgIpc) is 3.00. The number of carbonyl (C=O) groups excluding carboxylic acids is 1. The third-order valence-corrected chi connectivity index (χ3v) is 5.86. The number of halogens is 1. The van der Waals surface area contributed by atoms with Gasteiger partial charge in [-0.3, -0.25) is 4.79 Å². The van der Waals surface area contributed by atoms with Gasteiger partial charge in [-0.1, -0.05) is 25.0 Å². The molecule has 0 spiro atoms. The van der Waals surface area contributed by atoms with Gasteiger partial charge < -0.3 is 10.2 Å². The van der Waals surface area contributed by atoms with Crippen molar-refractivity contribution in [3.8, 4) is 0 Å². The molecular formula is C24H29ClN4O. The number of aromatic nitrogens is 2. The lowest BCUT2D eigenvalue weighted by atomic mass is 10.1. The molecule has 3 aromatic rings. The fourth-order valence-electron chi connectivity index (χ4n) is 3.93. The molecule has 1 aromatic carbocycles. The minimum Gasteiger partial charge on any atom is -0.354 e. The van der Waals surface area contributed by atoms with E-state index in [1.165, 1.54) is 24.0 Å². The van der Waals surface area contributed by atoms with Crippen LogP contribution in [0.4, 0.5) is 11.4 Å². The number of carbonyl (C=O) groups is 1. The van der Waals surface area contributed by atoms with Crippen LogP contribution in [0.15, 0.2) is 36.5 Å². The van der Waals surface area contributed by atoms with Gasteiger partial charge in [-0.15, -0.1) is 12.4 Å². The summed E-state index contributed by atoms with van der Waals surface area (Å²) in [6.07, 6.45) is 6.20. The maximum absolute atomic E-state index is 13.5. The van der Waals surface area contributed by atoms with Crippen LogP contribution in [-0.2, 0) is 0 Å². The number of likely N-dealkylation sites (tertiary alicyclic amines) is 1. The lowest BCUT2D eigenvalue weighted by molar-refractivity contribution is 0.0762. The molecule has 0 aliphatic carbocycles. The molecule has 0 radical (unpaired) electrons. The molecule has 0 saturated carbocycles. The smallest absolute Gasteiger partial charge is 0.257 e. The molecular weight excluding hydrogens is 396 g/mol. The summed E-state index contributed by atoms with van der Waals surface area (Å²) >= 11 is 0. The summed E-state index contributed by atoms with van der Waals surface area (Å²) in [4.78, 5) is 24.5. The summed E-state index contributed by atoms with van der Waals surface area (Å²) in [7, 11) is 0. The van der Waals surface area contributed by atoms with Gasteiger partial charge in [-0.2, -0.15) is 0 Å². The molecule has 1 N–H and O–H groups in total. The van der Waals surface area contributed by atoms with Crippen LogP contribution in [-0.4, -0.2) is 33.9 Å². The van der Waals surface area contributed by atoms with Crippen LogP contribution >= 0.6 is 12.4 Å². The first kappa shape index (κ1) is 22.0. The van der Waals surface area contributed by atoms with Gasteiger partial charge in [0.25, 0.3) is 5.91 Å². The Hall–Kier alpha value is -2.66. The molecule has 158 valence electrons. The lowest BCUT2D eigenvalue weighted by Gasteiger charge is -2.23. The predicted octanol–water partition coefficient (Wildman–Crippen LogP) is 5.74. The Morgan fingerprint density at radius 2 is 1.73 bits per heavy atom. The maximum Gasteiger partial charge on any atom is 0.257 e. The number of nitrogens with zero attached hydrogens (tertiary/aromatic N) is 3. The number of aryl methyl sites for hydroxylation is 2. The molecule has 4 rings (SSSR count). The molecule has 1 fully saturated rings. The highest BCUT2D eigenvalue weighted by molar-refractivity contribution is 6.07. The van der Waals surface area contributed by atoms with Gasteiger partial charge in [-0.25, -0.2) is 9.97 Å².